The number of carbonyl (C=O) groups excluding carboxylic acids is 15. The maximum atomic E-state index is 14.4. The second kappa shape index (κ2) is 43.0. The molecule has 1 aromatic carbocycles. The summed E-state index contributed by atoms with van der Waals surface area (Å²) in [4.78, 5) is 221. The first kappa shape index (κ1) is 84.8. The first-order chi connectivity index (χ1) is 45.4. The fourth-order valence-corrected chi connectivity index (χ4v) is 8.76. The molecule has 40 heteroatoms. The van der Waals surface area contributed by atoms with Crippen molar-refractivity contribution < 1.29 is 117 Å². The van der Waals surface area contributed by atoms with E-state index in [1.165, 1.54) is 38.1 Å². The highest BCUT2D eigenvalue weighted by atomic mass is 16.4. The van der Waals surface area contributed by atoms with Crippen LogP contribution < -0.4 is 86.7 Å². The highest BCUT2D eigenvalue weighted by Gasteiger charge is 2.39. The number of hydrogen-bond donors (Lipinski definition) is 23. The molecule has 0 aromatic heterocycles. The molecule has 0 heterocycles. The normalized spacial score (nSPS) is 15.3. The first-order valence-corrected chi connectivity index (χ1v) is 30.3. The Labute approximate surface area is 554 Å². The van der Waals surface area contributed by atoms with E-state index in [0.29, 0.717) is 6.42 Å². The number of amides is 15. The number of unbranched alkanes of at least 4 members (excludes halogenated alkanes) is 1. The average molecular weight is 1380 g/mol. The molecule has 0 saturated heterocycles. The Morgan fingerprint density at radius 1 is 0.433 bits per heavy atom. The minimum atomic E-state index is -2.21. The number of aliphatic hydroxyl groups is 4. The van der Waals surface area contributed by atoms with Crippen molar-refractivity contribution in [3.05, 3.63) is 29.8 Å². The van der Waals surface area contributed by atoms with Gasteiger partial charge in [-0.05, 0) is 76.1 Å². The predicted octanol–water partition coefficient (Wildman–Crippen LogP) is -10.7. The van der Waals surface area contributed by atoms with Crippen LogP contribution in [-0.4, -0.2) is 241 Å². The van der Waals surface area contributed by atoms with E-state index < -0.39 is 250 Å². The van der Waals surface area contributed by atoms with E-state index in [2.05, 4.69) is 47.9 Å². The summed E-state index contributed by atoms with van der Waals surface area (Å²) < 4.78 is 0. The van der Waals surface area contributed by atoms with Crippen LogP contribution in [-0.2, 0) is 87.9 Å². The van der Waals surface area contributed by atoms with Gasteiger partial charge in [0.2, 0.25) is 88.6 Å². The molecular formula is C57H90N16O24. The number of carbonyl (C=O) groups is 17. The second-order valence-electron chi connectivity index (χ2n) is 22.4. The molecule has 0 unspecified atom stereocenters. The summed E-state index contributed by atoms with van der Waals surface area (Å²) in [6.45, 7) is 2.91. The molecule has 97 heavy (non-hydrogen) atoms. The molecule has 0 radical (unpaired) electrons. The molecule has 0 spiro atoms. The van der Waals surface area contributed by atoms with Gasteiger partial charge in [-0.15, -0.1) is 0 Å². The molecule has 0 aliphatic heterocycles. The van der Waals surface area contributed by atoms with E-state index in [4.69, 9.17) is 28.0 Å². The summed E-state index contributed by atoms with van der Waals surface area (Å²) in [5.41, 5.74) is 21.8. The summed E-state index contributed by atoms with van der Waals surface area (Å²) in [6.07, 6.45) is -6.18. The fraction of sp³-hybridized carbons (Fsp3) is 0.596. The van der Waals surface area contributed by atoms with Gasteiger partial charge in [-0.1, -0.05) is 32.4 Å². The Bertz CT molecular complexity index is 2960. The third-order valence-electron chi connectivity index (χ3n) is 14.4. The Kier molecular flexibility index (Phi) is 37.6. The van der Waals surface area contributed by atoms with Crippen molar-refractivity contribution in [1.82, 2.24) is 63.8 Å². The zero-order chi connectivity index (χ0) is 74.0. The summed E-state index contributed by atoms with van der Waals surface area (Å²) >= 11 is 0. The number of benzene rings is 1. The molecule has 14 atom stereocenters. The topological polar surface area (TPSA) is 680 Å². The molecule has 0 bridgehead atoms. The SMILES string of the molecule is CC[C@H](C)[C@H](NC(=O)[C@H](CCCCN)NC(=O)[C@H](CC(N)=O)NC(=O)[C@H](C)NC(C)=O)C(=O)N[C@@H](CO)C(=O)N[C@@H](Cc1ccc(O)cc1)C(=O)N[C@@H](CCC(N)=O)C(=O)N[C@@H](CO)C(=O)N[C@@H](CC(=O)O)C(=O)N[C@@H](CO)C(=O)N[C@H](C(=O)N[C@@H](CCC(=O)O)C(N)=O)[C@@H](C)O. The van der Waals surface area contributed by atoms with Gasteiger partial charge in [-0.25, -0.2) is 0 Å². The van der Waals surface area contributed by atoms with Gasteiger partial charge in [0.1, 0.15) is 78.3 Å². The van der Waals surface area contributed by atoms with Crippen LogP contribution in [0.3, 0.4) is 0 Å². The van der Waals surface area contributed by atoms with Crippen molar-refractivity contribution in [2.45, 2.75) is 184 Å². The van der Waals surface area contributed by atoms with Crippen LogP contribution in [0.1, 0.15) is 104 Å². The molecular weight excluding hydrogens is 1290 g/mol. The number of aromatic hydroxyl groups is 1. The van der Waals surface area contributed by atoms with Crippen molar-refractivity contribution in [2.75, 3.05) is 26.4 Å². The molecule has 0 fully saturated rings. The van der Waals surface area contributed by atoms with Crippen LogP contribution in [0.25, 0.3) is 0 Å². The van der Waals surface area contributed by atoms with Crippen LogP contribution >= 0.6 is 0 Å². The minimum absolute atomic E-state index is 0.112. The number of nitrogens with one attached hydrogen (secondary N) is 12. The summed E-state index contributed by atoms with van der Waals surface area (Å²) in [7, 11) is 0. The molecule has 27 N–H and O–H groups in total. The minimum Gasteiger partial charge on any atom is -0.508 e. The van der Waals surface area contributed by atoms with Crippen molar-refractivity contribution in [3.8, 4) is 5.75 Å². The van der Waals surface area contributed by atoms with E-state index >= 15 is 0 Å². The fourth-order valence-electron chi connectivity index (χ4n) is 8.76. The number of phenolic OH excluding ortho intramolecular Hbond substituents is 1. The van der Waals surface area contributed by atoms with E-state index in [0.717, 1.165) is 13.8 Å². The Morgan fingerprint density at radius 2 is 0.825 bits per heavy atom. The standard InChI is InChI=1S/C57H90N16O24/c1-6-25(2)44(72-49(89)32(9-7-8-18-58)64-51(91)35(20-41(60)81)66-47(87)26(3)62-28(5)78)56(96)71-38(23-75)54(94)67-34(19-29-10-12-30(79)13-11-29)50(90)65-33(14-16-40(59)80)48(88)69-37(22-74)53(93)68-36(21-43(84)85)52(92)70-39(24-76)55(95)73-45(27(4)77)57(97)63-31(46(61)86)15-17-42(82)83/h10-13,25-27,31-39,44-45,74-77,79H,6-9,14-24,58H2,1-5H3,(H2,59,80)(H2,60,81)(H2,61,86)(H,62,78)(H,63,97)(H,64,91)(H,65,90)(H,66,87)(H,67,94)(H,68,93)(H,69,88)(H,70,92)(H,71,96)(H,72,89)(H,73,95)(H,82,83)(H,84,85)/t25-,26-,27+,31-,32-,33-,34-,35-,36-,37-,38-,39-,44-,45-/m0/s1. The number of phenols is 1. The van der Waals surface area contributed by atoms with Crippen molar-refractivity contribution in [1.29, 1.82) is 0 Å². The number of carboxylic acids is 2. The van der Waals surface area contributed by atoms with Gasteiger partial charge in [0, 0.05) is 26.2 Å². The maximum Gasteiger partial charge on any atom is 0.305 e. The number of nitrogens with two attached hydrogens (primary N) is 4. The Hall–Kier alpha value is -10.2. The lowest BCUT2D eigenvalue weighted by Gasteiger charge is -2.29. The Balaban J connectivity index is 3.58. The number of aliphatic carboxylic acids is 2. The van der Waals surface area contributed by atoms with Crippen LogP contribution in [0.5, 0.6) is 5.75 Å². The van der Waals surface area contributed by atoms with Gasteiger partial charge in [-0.2, -0.15) is 0 Å². The van der Waals surface area contributed by atoms with Crippen molar-refractivity contribution >= 4 is 101 Å². The number of carboxylic acid groups (broad SMARTS) is 2. The van der Waals surface area contributed by atoms with Crippen molar-refractivity contribution in [3.63, 3.8) is 0 Å². The van der Waals surface area contributed by atoms with Gasteiger partial charge in [0.25, 0.3) is 0 Å². The largest absolute Gasteiger partial charge is 0.508 e. The third-order valence-corrected chi connectivity index (χ3v) is 14.4. The van der Waals surface area contributed by atoms with Crippen LogP contribution in [0, 0.1) is 5.92 Å². The monoisotopic (exact) mass is 1380 g/mol. The number of rotatable bonds is 46. The van der Waals surface area contributed by atoms with E-state index in [-0.39, 0.29) is 37.1 Å². The van der Waals surface area contributed by atoms with Crippen LogP contribution in [0.15, 0.2) is 24.3 Å². The molecule has 1 rings (SSSR count). The van der Waals surface area contributed by atoms with Crippen molar-refractivity contribution in [2.24, 2.45) is 28.9 Å². The molecule has 1 aromatic rings. The zero-order valence-corrected chi connectivity index (χ0v) is 53.9. The Morgan fingerprint density at radius 3 is 1.28 bits per heavy atom. The molecule has 0 aliphatic rings. The lowest BCUT2D eigenvalue weighted by molar-refractivity contribution is -0.142. The molecule has 0 saturated carbocycles. The molecule has 542 valence electrons. The predicted molar refractivity (Wildman–Crippen MR) is 332 cm³/mol. The smallest absolute Gasteiger partial charge is 0.305 e. The third kappa shape index (κ3) is 31.3. The molecule has 15 amide bonds. The van der Waals surface area contributed by atoms with Gasteiger partial charge in [0.05, 0.1) is 38.8 Å². The number of aliphatic hydroxyl groups excluding tert-OH is 4. The highest BCUT2D eigenvalue weighted by Crippen LogP contribution is 2.15. The van der Waals surface area contributed by atoms with Crippen LogP contribution in [0.2, 0.25) is 0 Å². The maximum absolute atomic E-state index is 14.4. The zero-order valence-electron chi connectivity index (χ0n) is 53.9. The van der Waals surface area contributed by atoms with E-state index in [1.54, 1.807) is 6.92 Å². The highest BCUT2D eigenvalue weighted by molar-refractivity contribution is 6.01. The molecule has 40 nitrogen and oxygen atoms in total. The van der Waals surface area contributed by atoms with E-state index in [1.807, 2.05) is 16.0 Å². The lowest BCUT2D eigenvalue weighted by atomic mass is 9.97. The second-order valence-corrected chi connectivity index (χ2v) is 22.4. The molecule has 0 aliphatic carbocycles. The summed E-state index contributed by atoms with van der Waals surface area (Å²) in [5.74, 6) is -21.7. The number of hydrogen-bond acceptors (Lipinski definition) is 23. The quantitative estimate of drug-likeness (QED) is 0.0270. The average Bonchev–Trinajstić information content (AvgIpc) is 0.875. The van der Waals surface area contributed by atoms with Gasteiger partial charge < -0.3 is 122 Å². The number of primary amides is 3. The first-order valence-electron chi connectivity index (χ1n) is 30.3. The van der Waals surface area contributed by atoms with Gasteiger partial charge in [0.15, 0.2) is 0 Å². The van der Waals surface area contributed by atoms with Crippen LogP contribution in [0.4, 0.5) is 0 Å². The summed E-state index contributed by atoms with van der Waals surface area (Å²) in [6, 6.07) is -16.5. The van der Waals surface area contributed by atoms with Gasteiger partial charge >= 0.3 is 11.9 Å². The van der Waals surface area contributed by atoms with Gasteiger partial charge in [-0.3, -0.25) is 81.5 Å². The van der Waals surface area contributed by atoms with E-state index in [9.17, 15) is 112 Å². The summed E-state index contributed by atoms with van der Waals surface area (Å²) in [5, 5.41) is 96.3. The lowest BCUT2D eigenvalue weighted by Crippen LogP contribution is -2.62.